The van der Waals surface area contributed by atoms with E-state index in [1.54, 1.807) is 6.33 Å². The monoisotopic (exact) mass is 345 g/mol. The summed E-state index contributed by atoms with van der Waals surface area (Å²) in [6, 6.07) is 13.1. The first-order chi connectivity index (χ1) is 12.8. The van der Waals surface area contributed by atoms with E-state index < -0.39 is 0 Å². The quantitative estimate of drug-likeness (QED) is 0.774. The van der Waals surface area contributed by atoms with Crippen molar-refractivity contribution in [2.24, 2.45) is 0 Å². The Morgan fingerprint density at radius 1 is 1.19 bits per heavy atom. The van der Waals surface area contributed by atoms with Crippen LogP contribution in [0.5, 0.6) is 0 Å². The average molecular weight is 345 g/mol. The number of aromatic nitrogens is 3. The molecule has 3 heterocycles. The molecule has 1 atom stereocenters. The lowest BCUT2D eigenvalue weighted by molar-refractivity contribution is 0.647. The second-order valence-corrected chi connectivity index (χ2v) is 7.05. The van der Waals surface area contributed by atoms with E-state index >= 15 is 0 Å². The first-order valence-corrected chi connectivity index (χ1v) is 9.34. The predicted molar refractivity (Wildman–Crippen MR) is 103 cm³/mol. The normalized spacial score (nSPS) is 15.1. The van der Waals surface area contributed by atoms with Gasteiger partial charge in [0.15, 0.2) is 5.82 Å². The van der Waals surface area contributed by atoms with Gasteiger partial charge in [-0.05, 0) is 38.2 Å². The van der Waals surface area contributed by atoms with Gasteiger partial charge in [-0.3, -0.25) is 0 Å². The van der Waals surface area contributed by atoms with Crippen molar-refractivity contribution in [1.29, 1.82) is 5.26 Å². The predicted octanol–water partition coefficient (Wildman–Crippen LogP) is 4.07. The van der Waals surface area contributed by atoms with Crippen LogP contribution in [-0.4, -0.2) is 20.6 Å². The topological polar surface area (TPSA) is 66.5 Å². The van der Waals surface area contributed by atoms with Gasteiger partial charge in [0.05, 0.1) is 5.56 Å². The van der Waals surface area contributed by atoms with E-state index in [2.05, 4.69) is 57.1 Å². The zero-order valence-electron chi connectivity index (χ0n) is 15.1. The van der Waals surface area contributed by atoms with Crippen LogP contribution in [0.4, 0.5) is 5.82 Å². The standard InChI is InChI=1S/C21H23N5/c1-15(12-16-8-4-2-5-9-16)25-21-20-19(23-14-24-21)17(13-22)18-10-6-3-7-11-26(18)20/h2,4-5,8-9,14-15H,3,6-7,10-12H2,1H3,(H,23,24,25)/t15-/m0/s1. The highest BCUT2D eigenvalue weighted by atomic mass is 15.1. The van der Waals surface area contributed by atoms with Gasteiger partial charge in [0.25, 0.3) is 0 Å². The molecule has 0 saturated carbocycles. The van der Waals surface area contributed by atoms with E-state index in [1.165, 1.54) is 12.0 Å². The van der Waals surface area contributed by atoms with Crippen LogP contribution in [-0.2, 0) is 19.4 Å². The van der Waals surface area contributed by atoms with Gasteiger partial charge >= 0.3 is 0 Å². The molecule has 1 aromatic carbocycles. The molecule has 1 aliphatic heterocycles. The number of rotatable bonds is 4. The SMILES string of the molecule is C[C@@H](Cc1ccccc1)Nc1ncnc2c(C#N)c3n(c12)CCCCC3. The van der Waals surface area contributed by atoms with E-state index in [0.29, 0.717) is 0 Å². The van der Waals surface area contributed by atoms with Crippen LogP contribution in [0.25, 0.3) is 11.0 Å². The van der Waals surface area contributed by atoms with Gasteiger partial charge in [0, 0.05) is 18.3 Å². The summed E-state index contributed by atoms with van der Waals surface area (Å²) in [5, 5.41) is 13.3. The van der Waals surface area contributed by atoms with E-state index in [4.69, 9.17) is 0 Å². The summed E-state index contributed by atoms with van der Waals surface area (Å²) in [7, 11) is 0. The molecule has 4 rings (SSSR count). The summed E-state index contributed by atoms with van der Waals surface area (Å²) in [6.07, 6.45) is 6.90. The Labute approximate surface area is 153 Å². The molecule has 0 unspecified atom stereocenters. The molecular formula is C21H23N5. The van der Waals surface area contributed by atoms with Crippen molar-refractivity contribution in [2.75, 3.05) is 5.32 Å². The second kappa shape index (κ2) is 7.17. The summed E-state index contributed by atoms with van der Waals surface area (Å²) >= 11 is 0. The Morgan fingerprint density at radius 2 is 2.04 bits per heavy atom. The number of aryl methyl sites for hydroxylation is 1. The molecule has 0 aliphatic carbocycles. The Balaban J connectivity index is 1.71. The maximum Gasteiger partial charge on any atom is 0.154 e. The Kier molecular flexibility index (Phi) is 4.57. The maximum absolute atomic E-state index is 9.70. The van der Waals surface area contributed by atoms with Crippen LogP contribution in [0.2, 0.25) is 0 Å². The molecule has 3 aromatic rings. The lowest BCUT2D eigenvalue weighted by Gasteiger charge is -2.16. The number of anilines is 1. The van der Waals surface area contributed by atoms with Gasteiger partial charge in [0.1, 0.15) is 23.4 Å². The first kappa shape index (κ1) is 16.6. The lowest BCUT2D eigenvalue weighted by atomic mass is 10.1. The van der Waals surface area contributed by atoms with Gasteiger partial charge < -0.3 is 9.88 Å². The third kappa shape index (κ3) is 3.03. The highest BCUT2D eigenvalue weighted by Gasteiger charge is 2.23. The number of hydrogen-bond donors (Lipinski definition) is 1. The van der Waals surface area contributed by atoms with Crippen LogP contribution in [0, 0.1) is 11.3 Å². The molecule has 1 aliphatic rings. The average Bonchev–Trinajstić information content (AvgIpc) is 2.79. The molecule has 0 radical (unpaired) electrons. The molecule has 0 fully saturated rings. The minimum absolute atomic E-state index is 0.234. The van der Waals surface area contributed by atoms with Crippen molar-refractivity contribution < 1.29 is 0 Å². The number of benzene rings is 1. The molecular weight excluding hydrogens is 322 g/mol. The highest BCUT2D eigenvalue weighted by molar-refractivity contribution is 5.92. The summed E-state index contributed by atoms with van der Waals surface area (Å²) in [6.45, 7) is 3.10. The van der Waals surface area contributed by atoms with Crippen molar-refractivity contribution in [3.63, 3.8) is 0 Å². The molecule has 5 nitrogen and oxygen atoms in total. The minimum atomic E-state index is 0.234. The number of nitrogens with one attached hydrogen (secondary N) is 1. The summed E-state index contributed by atoms with van der Waals surface area (Å²) in [5.74, 6) is 0.836. The Bertz CT molecular complexity index is 952. The number of nitrogens with zero attached hydrogens (tertiary/aromatic N) is 4. The first-order valence-electron chi connectivity index (χ1n) is 9.34. The minimum Gasteiger partial charge on any atom is -0.365 e. The van der Waals surface area contributed by atoms with Crippen LogP contribution in [0.3, 0.4) is 0 Å². The largest absolute Gasteiger partial charge is 0.365 e. The van der Waals surface area contributed by atoms with Crippen LogP contribution in [0.15, 0.2) is 36.7 Å². The molecule has 0 amide bonds. The molecule has 1 N–H and O–H groups in total. The molecule has 2 aromatic heterocycles. The van der Waals surface area contributed by atoms with Gasteiger partial charge in [0.2, 0.25) is 0 Å². The summed E-state index contributed by atoms with van der Waals surface area (Å²) in [4.78, 5) is 8.97. The van der Waals surface area contributed by atoms with Crippen molar-refractivity contribution in [3.05, 3.63) is 53.5 Å². The van der Waals surface area contributed by atoms with E-state index in [0.717, 1.165) is 60.3 Å². The van der Waals surface area contributed by atoms with E-state index in [-0.39, 0.29) is 6.04 Å². The van der Waals surface area contributed by atoms with Gasteiger partial charge in [-0.1, -0.05) is 36.8 Å². The summed E-state index contributed by atoms with van der Waals surface area (Å²) in [5.41, 5.74) is 4.92. The van der Waals surface area contributed by atoms with Crippen molar-refractivity contribution in [1.82, 2.24) is 14.5 Å². The molecule has 0 saturated heterocycles. The fourth-order valence-electron chi connectivity index (χ4n) is 3.95. The summed E-state index contributed by atoms with van der Waals surface area (Å²) < 4.78 is 2.28. The van der Waals surface area contributed by atoms with E-state index in [1.807, 2.05) is 6.07 Å². The fourth-order valence-corrected chi connectivity index (χ4v) is 3.95. The van der Waals surface area contributed by atoms with E-state index in [9.17, 15) is 5.26 Å². The van der Waals surface area contributed by atoms with Gasteiger partial charge in [-0.25, -0.2) is 9.97 Å². The number of fused-ring (bicyclic) bond motifs is 3. The zero-order chi connectivity index (χ0) is 17.9. The van der Waals surface area contributed by atoms with Crippen LogP contribution in [0.1, 0.15) is 43.0 Å². The molecule has 0 spiro atoms. The molecule has 0 bridgehead atoms. The smallest absolute Gasteiger partial charge is 0.154 e. The number of hydrogen-bond acceptors (Lipinski definition) is 4. The Morgan fingerprint density at radius 3 is 2.85 bits per heavy atom. The molecule has 132 valence electrons. The van der Waals surface area contributed by atoms with Crippen molar-refractivity contribution in [3.8, 4) is 6.07 Å². The maximum atomic E-state index is 9.70. The van der Waals surface area contributed by atoms with Crippen molar-refractivity contribution >= 4 is 16.9 Å². The Hall–Kier alpha value is -2.87. The van der Waals surface area contributed by atoms with Crippen LogP contribution < -0.4 is 5.32 Å². The highest BCUT2D eigenvalue weighted by Crippen LogP contribution is 2.32. The second-order valence-electron chi connectivity index (χ2n) is 7.05. The fraction of sp³-hybridized carbons (Fsp3) is 0.381. The van der Waals surface area contributed by atoms with Gasteiger partial charge in [-0.2, -0.15) is 5.26 Å². The third-order valence-electron chi connectivity index (χ3n) is 5.12. The molecule has 26 heavy (non-hydrogen) atoms. The van der Waals surface area contributed by atoms with Gasteiger partial charge in [-0.15, -0.1) is 0 Å². The van der Waals surface area contributed by atoms with Crippen LogP contribution >= 0.6 is 0 Å². The van der Waals surface area contributed by atoms with Crippen molar-refractivity contribution in [2.45, 2.75) is 51.6 Å². The third-order valence-corrected chi connectivity index (χ3v) is 5.12. The molecule has 5 heteroatoms. The lowest BCUT2D eigenvalue weighted by Crippen LogP contribution is -2.19. The zero-order valence-corrected chi connectivity index (χ0v) is 15.1. The number of nitriles is 1.